The monoisotopic (exact) mass is 334 g/mol. The Bertz CT molecular complexity index is 515. The zero-order valence-electron chi connectivity index (χ0n) is 16.9. The number of hydrogen-bond donors (Lipinski definition) is 2. The fourth-order valence-corrected chi connectivity index (χ4v) is 3.56. The van der Waals surface area contributed by atoms with Gasteiger partial charge >= 0.3 is 0 Å². The standard InChI is InChI=1S/C22H38O2/c1-8-9-10-11-12-15(2)13-14-18-19(22(5,6)7)21(24)17(4)16(3)20(18)23/h13,20-21,23-24H,8-12,14H2,1-7H3/b15-13+. The second-order valence-corrected chi connectivity index (χ2v) is 8.43. The molecular formula is C22H38O2. The van der Waals surface area contributed by atoms with Crippen molar-refractivity contribution in [2.24, 2.45) is 5.41 Å². The molecule has 0 radical (unpaired) electrons. The van der Waals surface area contributed by atoms with Crippen LogP contribution in [0.3, 0.4) is 0 Å². The number of allylic oxidation sites excluding steroid dienone is 2. The van der Waals surface area contributed by atoms with Crippen molar-refractivity contribution < 1.29 is 10.2 Å². The third kappa shape index (κ3) is 5.32. The highest BCUT2D eigenvalue weighted by atomic mass is 16.3. The molecule has 0 amide bonds. The average molecular weight is 335 g/mol. The fraction of sp³-hybridized carbons (Fsp3) is 0.727. The van der Waals surface area contributed by atoms with Crippen LogP contribution in [-0.4, -0.2) is 22.4 Å². The van der Waals surface area contributed by atoms with Gasteiger partial charge in [-0.2, -0.15) is 0 Å². The summed E-state index contributed by atoms with van der Waals surface area (Å²) >= 11 is 0. The Balaban J connectivity index is 2.97. The summed E-state index contributed by atoms with van der Waals surface area (Å²) < 4.78 is 0. The van der Waals surface area contributed by atoms with Gasteiger partial charge in [0, 0.05) is 0 Å². The lowest BCUT2D eigenvalue weighted by Gasteiger charge is -2.37. The van der Waals surface area contributed by atoms with Crippen molar-refractivity contribution in [1.82, 2.24) is 0 Å². The maximum atomic E-state index is 10.8. The van der Waals surface area contributed by atoms with Crippen LogP contribution in [0, 0.1) is 5.41 Å². The third-order valence-electron chi connectivity index (χ3n) is 5.29. The van der Waals surface area contributed by atoms with Crippen molar-refractivity contribution in [2.45, 2.75) is 99.2 Å². The predicted octanol–water partition coefficient (Wildman–Crippen LogP) is 5.71. The van der Waals surface area contributed by atoms with E-state index in [-0.39, 0.29) is 5.41 Å². The molecule has 24 heavy (non-hydrogen) atoms. The van der Waals surface area contributed by atoms with Gasteiger partial charge in [0.05, 0.1) is 12.2 Å². The van der Waals surface area contributed by atoms with E-state index in [1.165, 1.54) is 31.3 Å². The summed E-state index contributed by atoms with van der Waals surface area (Å²) in [7, 11) is 0. The van der Waals surface area contributed by atoms with E-state index in [0.29, 0.717) is 0 Å². The molecule has 1 rings (SSSR count). The molecule has 2 unspecified atom stereocenters. The summed E-state index contributed by atoms with van der Waals surface area (Å²) in [6.07, 6.45) is 8.08. The molecule has 0 aliphatic heterocycles. The number of rotatable bonds is 7. The SMILES string of the molecule is CCCCCC/C(C)=C/CC1=C(C(C)(C)C)C(O)C(C)=C(C)C1O. The van der Waals surface area contributed by atoms with E-state index in [1.807, 2.05) is 13.8 Å². The first kappa shape index (κ1) is 21.2. The molecule has 0 bridgehead atoms. The summed E-state index contributed by atoms with van der Waals surface area (Å²) in [5.74, 6) is 0. The van der Waals surface area contributed by atoms with Gasteiger partial charge in [0.2, 0.25) is 0 Å². The van der Waals surface area contributed by atoms with Gasteiger partial charge in [-0.05, 0) is 67.7 Å². The first-order valence-electron chi connectivity index (χ1n) is 9.53. The van der Waals surface area contributed by atoms with Crippen LogP contribution in [0.15, 0.2) is 33.9 Å². The molecule has 1 aliphatic rings. The molecule has 1 aliphatic carbocycles. The van der Waals surface area contributed by atoms with E-state index < -0.39 is 12.2 Å². The van der Waals surface area contributed by atoms with Gasteiger partial charge in [-0.3, -0.25) is 0 Å². The van der Waals surface area contributed by atoms with Gasteiger partial charge in [0.15, 0.2) is 0 Å². The average Bonchev–Trinajstić information content (AvgIpc) is 2.50. The maximum absolute atomic E-state index is 10.8. The first-order valence-corrected chi connectivity index (χ1v) is 9.53. The van der Waals surface area contributed by atoms with Crippen LogP contribution in [0.2, 0.25) is 0 Å². The fourth-order valence-electron chi connectivity index (χ4n) is 3.56. The summed E-state index contributed by atoms with van der Waals surface area (Å²) in [5.41, 5.74) is 5.02. The highest BCUT2D eigenvalue weighted by Gasteiger charge is 2.35. The van der Waals surface area contributed by atoms with Crippen molar-refractivity contribution in [2.75, 3.05) is 0 Å². The van der Waals surface area contributed by atoms with Gasteiger partial charge in [0.1, 0.15) is 0 Å². The Morgan fingerprint density at radius 1 is 1.00 bits per heavy atom. The summed E-state index contributed by atoms with van der Waals surface area (Å²) in [6, 6.07) is 0. The van der Waals surface area contributed by atoms with E-state index >= 15 is 0 Å². The van der Waals surface area contributed by atoms with Gasteiger partial charge < -0.3 is 10.2 Å². The van der Waals surface area contributed by atoms with Crippen molar-refractivity contribution in [1.29, 1.82) is 0 Å². The Morgan fingerprint density at radius 2 is 1.58 bits per heavy atom. The Labute approximate surface area is 149 Å². The predicted molar refractivity (Wildman–Crippen MR) is 104 cm³/mol. The molecule has 0 saturated carbocycles. The molecule has 0 spiro atoms. The molecule has 2 heteroatoms. The molecule has 2 nitrogen and oxygen atoms in total. The minimum atomic E-state index is -0.568. The van der Waals surface area contributed by atoms with Crippen molar-refractivity contribution in [3.8, 4) is 0 Å². The molecule has 0 saturated heterocycles. The smallest absolute Gasteiger partial charge is 0.0970 e. The van der Waals surface area contributed by atoms with Crippen LogP contribution in [0.25, 0.3) is 0 Å². The van der Waals surface area contributed by atoms with Crippen LogP contribution in [-0.2, 0) is 0 Å². The molecule has 0 aromatic rings. The minimum absolute atomic E-state index is 0.152. The van der Waals surface area contributed by atoms with Crippen molar-refractivity contribution in [3.63, 3.8) is 0 Å². The van der Waals surface area contributed by atoms with Crippen LogP contribution in [0.1, 0.15) is 87.0 Å². The lowest BCUT2D eigenvalue weighted by atomic mass is 9.71. The van der Waals surface area contributed by atoms with E-state index in [9.17, 15) is 10.2 Å². The highest BCUT2D eigenvalue weighted by molar-refractivity contribution is 5.45. The quantitative estimate of drug-likeness (QED) is 0.462. The molecule has 2 N–H and O–H groups in total. The summed E-state index contributed by atoms with van der Waals surface area (Å²) in [4.78, 5) is 0. The number of hydrogen-bond acceptors (Lipinski definition) is 2. The lowest BCUT2D eigenvalue weighted by molar-refractivity contribution is 0.179. The highest BCUT2D eigenvalue weighted by Crippen LogP contribution is 2.41. The van der Waals surface area contributed by atoms with Gasteiger partial charge in [-0.25, -0.2) is 0 Å². The van der Waals surface area contributed by atoms with Gasteiger partial charge in [-0.1, -0.05) is 58.6 Å². The van der Waals surface area contributed by atoms with E-state index in [2.05, 4.69) is 40.7 Å². The second-order valence-electron chi connectivity index (χ2n) is 8.43. The summed E-state index contributed by atoms with van der Waals surface area (Å²) in [6.45, 7) is 14.6. The van der Waals surface area contributed by atoms with Crippen molar-refractivity contribution >= 4 is 0 Å². The Kier molecular flexibility index (Phi) is 7.95. The number of aliphatic hydroxyl groups is 2. The zero-order valence-corrected chi connectivity index (χ0v) is 16.9. The Morgan fingerprint density at radius 3 is 2.12 bits per heavy atom. The maximum Gasteiger partial charge on any atom is 0.0970 e. The molecule has 0 aromatic heterocycles. The normalized spacial score (nSPS) is 23.3. The van der Waals surface area contributed by atoms with E-state index in [4.69, 9.17) is 0 Å². The van der Waals surface area contributed by atoms with Gasteiger partial charge in [0.25, 0.3) is 0 Å². The molecule has 0 fully saturated rings. The van der Waals surface area contributed by atoms with Crippen LogP contribution >= 0.6 is 0 Å². The number of aliphatic hydroxyl groups excluding tert-OH is 2. The van der Waals surface area contributed by atoms with Crippen LogP contribution in [0.5, 0.6) is 0 Å². The molecule has 0 heterocycles. The number of unbranched alkanes of at least 4 members (excludes halogenated alkanes) is 3. The summed E-state index contributed by atoms with van der Waals surface area (Å²) in [5, 5.41) is 21.5. The molecular weight excluding hydrogens is 296 g/mol. The zero-order chi connectivity index (χ0) is 18.5. The van der Waals surface area contributed by atoms with Crippen LogP contribution in [0.4, 0.5) is 0 Å². The molecule has 138 valence electrons. The largest absolute Gasteiger partial charge is 0.384 e. The lowest BCUT2D eigenvalue weighted by Crippen LogP contribution is -2.34. The van der Waals surface area contributed by atoms with E-state index in [0.717, 1.165) is 35.1 Å². The second kappa shape index (κ2) is 9.01. The first-order chi connectivity index (χ1) is 11.1. The topological polar surface area (TPSA) is 40.5 Å². The van der Waals surface area contributed by atoms with E-state index in [1.54, 1.807) is 0 Å². The third-order valence-corrected chi connectivity index (χ3v) is 5.29. The van der Waals surface area contributed by atoms with Crippen molar-refractivity contribution in [3.05, 3.63) is 33.9 Å². The van der Waals surface area contributed by atoms with Gasteiger partial charge in [-0.15, -0.1) is 0 Å². The minimum Gasteiger partial charge on any atom is -0.384 e. The molecule has 2 atom stereocenters. The van der Waals surface area contributed by atoms with Crippen LogP contribution < -0.4 is 0 Å². The molecule has 0 aromatic carbocycles. The Hall–Kier alpha value is -0.860.